The molecule has 5 nitrogen and oxygen atoms in total. The number of hydrogen-bond acceptors (Lipinski definition) is 4. The van der Waals surface area contributed by atoms with Crippen LogP contribution in [0.25, 0.3) is 0 Å². The van der Waals surface area contributed by atoms with Gasteiger partial charge in [-0.15, -0.1) is 0 Å². The maximum atomic E-state index is 11.8. The molecule has 0 aliphatic heterocycles. The van der Waals surface area contributed by atoms with Crippen LogP contribution in [-0.4, -0.2) is 35.9 Å². The molecule has 0 radical (unpaired) electrons. The third kappa shape index (κ3) is 4.71. The summed E-state index contributed by atoms with van der Waals surface area (Å²) in [5.41, 5.74) is 0.702. The van der Waals surface area contributed by atoms with Crippen molar-refractivity contribution in [3.8, 4) is 5.75 Å². The van der Waals surface area contributed by atoms with E-state index in [-0.39, 0.29) is 18.1 Å². The second kappa shape index (κ2) is 8.15. The van der Waals surface area contributed by atoms with Gasteiger partial charge in [0, 0.05) is 12.3 Å². The lowest BCUT2D eigenvalue weighted by molar-refractivity contribution is -0.126. The van der Waals surface area contributed by atoms with Gasteiger partial charge >= 0.3 is 0 Å². The third-order valence-corrected chi connectivity index (χ3v) is 3.86. The molecular formula is C17H25NO4. The lowest BCUT2D eigenvalue weighted by atomic mass is 9.95. The van der Waals surface area contributed by atoms with E-state index in [1.165, 1.54) is 0 Å². The van der Waals surface area contributed by atoms with E-state index in [0.29, 0.717) is 18.0 Å². The van der Waals surface area contributed by atoms with Crippen molar-refractivity contribution in [1.82, 2.24) is 0 Å². The number of aliphatic hydroxyl groups excluding tert-OH is 1. The zero-order valence-electron chi connectivity index (χ0n) is 13.2. The van der Waals surface area contributed by atoms with Crippen LogP contribution in [0.4, 0.5) is 5.69 Å². The second-order valence-electron chi connectivity index (χ2n) is 5.62. The SMILES string of the molecule is CCOC(C)C(=O)Nc1ccc(OC2CCCCC2O)cc1. The highest BCUT2D eigenvalue weighted by atomic mass is 16.5. The van der Waals surface area contributed by atoms with Crippen LogP contribution in [0.3, 0.4) is 0 Å². The Balaban J connectivity index is 1.88. The van der Waals surface area contributed by atoms with E-state index in [9.17, 15) is 9.90 Å². The van der Waals surface area contributed by atoms with E-state index in [1.807, 2.05) is 19.1 Å². The highest BCUT2D eigenvalue weighted by molar-refractivity contribution is 5.93. The van der Waals surface area contributed by atoms with Gasteiger partial charge in [0.2, 0.25) is 0 Å². The predicted molar refractivity (Wildman–Crippen MR) is 85.1 cm³/mol. The number of hydrogen-bond donors (Lipinski definition) is 2. The molecule has 0 heterocycles. The van der Waals surface area contributed by atoms with E-state index in [2.05, 4.69) is 5.32 Å². The van der Waals surface area contributed by atoms with Crippen molar-refractivity contribution in [2.75, 3.05) is 11.9 Å². The number of benzene rings is 1. The van der Waals surface area contributed by atoms with Crippen LogP contribution < -0.4 is 10.1 Å². The van der Waals surface area contributed by atoms with E-state index in [1.54, 1.807) is 19.1 Å². The first kappa shape index (κ1) is 16.8. The first-order valence-corrected chi connectivity index (χ1v) is 7.97. The summed E-state index contributed by atoms with van der Waals surface area (Å²) in [6.07, 6.45) is 2.83. The normalized spacial score (nSPS) is 22.9. The largest absolute Gasteiger partial charge is 0.488 e. The van der Waals surface area contributed by atoms with Gasteiger partial charge in [-0.3, -0.25) is 4.79 Å². The molecule has 2 N–H and O–H groups in total. The Kier molecular flexibility index (Phi) is 6.21. The molecular weight excluding hydrogens is 282 g/mol. The monoisotopic (exact) mass is 307 g/mol. The lowest BCUT2D eigenvalue weighted by Crippen LogP contribution is -2.34. The van der Waals surface area contributed by atoms with Crippen LogP contribution in [0.2, 0.25) is 0 Å². The molecule has 0 saturated heterocycles. The Bertz CT molecular complexity index is 474. The number of aliphatic hydroxyl groups is 1. The van der Waals surface area contributed by atoms with Crippen molar-refractivity contribution >= 4 is 11.6 Å². The van der Waals surface area contributed by atoms with Crippen LogP contribution in [0, 0.1) is 0 Å². The highest BCUT2D eigenvalue weighted by Crippen LogP contribution is 2.24. The van der Waals surface area contributed by atoms with Gasteiger partial charge in [0.1, 0.15) is 18.0 Å². The summed E-state index contributed by atoms with van der Waals surface area (Å²) in [5.74, 6) is 0.542. The molecule has 1 fully saturated rings. The molecule has 1 saturated carbocycles. The van der Waals surface area contributed by atoms with Crippen molar-refractivity contribution in [2.24, 2.45) is 0 Å². The summed E-state index contributed by atoms with van der Waals surface area (Å²) in [6, 6.07) is 7.20. The number of carbonyl (C=O) groups is 1. The van der Waals surface area contributed by atoms with Gasteiger partial charge < -0.3 is 19.9 Å². The molecule has 122 valence electrons. The van der Waals surface area contributed by atoms with Gasteiger partial charge in [0.15, 0.2) is 0 Å². The van der Waals surface area contributed by atoms with Crippen LogP contribution >= 0.6 is 0 Å². The molecule has 2 rings (SSSR count). The van der Waals surface area contributed by atoms with E-state index in [4.69, 9.17) is 9.47 Å². The molecule has 0 bridgehead atoms. The molecule has 1 aromatic carbocycles. The first-order valence-electron chi connectivity index (χ1n) is 7.97. The molecule has 0 aromatic heterocycles. The summed E-state index contributed by atoms with van der Waals surface area (Å²) in [6.45, 7) is 4.08. The minimum atomic E-state index is -0.474. The van der Waals surface area contributed by atoms with E-state index < -0.39 is 6.10 Å². The first-order chi connectivity index (χ1) is 10.6. The standard InChI is InChI=1S/C17H25NO4/c1-3-21-12(2)17(20)18-13-8-10-14(11-9-13)22-16-7-5-4-6-15(16)19/h8-12,15-16,19H,3-7H2,1-2H3,(H,18,20). The number of amides is 1. The van der Waals surface area contributed by atoms with Gasteiger partial charge in [-0.2, -0.15) is 0 Å². The van der Waals surface area contributed by atoms with Gasteiger partial charge in [0.25, 0.3) is 5.91 Å². The fourth-order valence-corrected chi connectivity index (χ4v) is 2.58. The summed E-state index contributed by atoms with van der Waals surface area (Å²) >= 11 is 0. The Morgan fingerprint density at radius 3 is 2.64 bits per heavy atom. The van der Waals surface area contributed by atoms with Gasteiger partial charge in [-0.05, 0) is 57.4 Å². The maximum Gasteiger partial charge on any atom is 0.253 e. The molecule has 5 heteroatoms. The average molecular weight is 307 g/mol. The lowest BCUT2D eigenvalue weighted by Gasteiger charge is -2.28. The fourth-order valence-electron chi connectivity index (χ4n) is 2.58. The fraction of sp³-hybridized carbons (Fsp3) is 0.588. The quantitative estimate of drug-likeness (QED) is 0.848. The summed E-state index contributed by atoms with van der Waals surface area (Å²) in [4.78, 5) is 11.8. The van der Waals surface area contributed by atoms with Crippen molar-refractivity contribution in [3.63, 3.8) is 0 Å². The Hall–Kier alpha value is -1.59. The number of carbonyl (C=O) groups excluding carboxylic acids is 1. The molecule has 0 spiro atoms. The van der Waals surface area contributed by atoms with Crippen molar-refractivity contribution < 1.29 is 19.4 Å². The average Bonchev–Trinajstić information content (AvgIpc) is 2.51. The van der Waals surface area contributed by atoms with Crippen LogP contribution in [0.15, 0.2) is 24.3 Å². The summed E-state index contributed by atoms with van der Waals surface area (Å²) < 4.78 is 11.1. The predicted octanol–water partition coefficient (Wildman–Crippen LogP) is 2.73. The van der Waals surface area contributed by atoms with Crippen LogP contribution in [0.5, 0.6) is 5.75 Å². The van der Waals surface area contributed by atoms with E-state index >= 15 is 0 Å². The molecule has 1 amide bonds. The number of anilines is 1. The maximum absolute atomic E-state index is 11.8. The summed E-state index contributed by atoms with van der Waals surface area (Å²) in [5, 5.41) is 12.7. The molecule has 3 unspecified atom stereocenters. The number of nitrogens with one attached hydrogen (secondary N) is 1. The van der Waals surface area contributed by atoms with Crippen LogP contribution in [0.1, 0.15) is 39.5 Å². The van der Waals surface area contributed by atoms with E-state index in [0.717, 1.165) is 25.7 Å². The third-order valence-electron chi connectivity index (χ3n) is 3.86. The van der Waals surface area contributed by atoms with Crippen molar-refractivity contribution in [2.45, 2.75) is 57.8 Å². The minimum Gasteiger partial charge on any atom is -0.488 e. The Morgan fingerprint density at radius 2 is 2.00 bits per heavy atom. The number of rotatable bonds is 6. The van der Waals surface area contributed by atoms with Crippen LogP contribution in [-0.2, 0) is 9.53 Å². The zero-order chi connectivity index (χ0) is 15.9. The number of ether oxygens (including phenoxy) is 2. The topological polar surface area (TPSA) is 67.8 Å². The summed E-state index contributed by atoms with van der Waals surface area (Å²) in [7, 11) is 0. The molecule has 1 aliphatic carbocycles. The smallest absolute Gasteiger partial charge is 0.253 e. The highest BCUT2D eigenvalue weighted by Gasteiger charge is 2.24. The molecule has 22 heavy (non-hydrogen) atoms. The molecule has 3 atom stereocenters. The Labute approximate surface area is 131 Å². The Morgan fingerprint density at radius 1 is 1.32 bits per heavy atom. The second-order valence-corrected chi connectivity index (χ2v) is 5.62. The molecule has 1 aliphatic rings. The van der Waals surface area contributed by atoms with Crippen molar-refractivity contribution in [1.29, 1.82) is 0 Å². The minimum absolute atomic E-state index is 0.132. The van der Waals surface area contributed by atoms with Gasteiger partial charge in [-0.25, -0.2) is 0 Å². The zero-order valence-corrected chi connectivity index (χ0v) is 13.2. The van der Waals surface area contributed by atoms with Gasteiger partial charge in [-0.1, -0.05) is 6.42 Å². The van der Waals surface area contributed by atoms with Gasteiger partial charge in [0.05, 0.1) is 6.10 Å². The van der Waals surface area contributed by atoms with Crippen molar-refractivity contribution in [3.05, 3.63) is 24.3 Å². The molecule has 1 aromatic rings.